The van der Waals surface area contributed by atoms with Gasteiger partial charge < -0.3 is 14.8 Å². The first-order valence-electron chi connectivity index (χ1n) is 6.42. The van der Waals surface area contributed by atoms with Crippen molar-refractivity contribution in [1.29, 1.82) is 0 Å². The molecule has 6 nitrogen and oxygen atoms in total. The summed E-state index contributed by atoms with van der Waals surface area (Å²) in [6, 6.07) is 3.29. The first-order chi connectivity index (χ1) is 9.50. The second-order valence-corrected chi connectivity index (χ2v) is 5.18. The highest BCUT2D eigenvalue weighted by molar-refractivity contribution is 6.10. The number of ether oxygens (including phenoxy) is 2. The number of hydrogen-bond acceptors (Lipinski definition) is 4. The molecule has 1 N–H and O–H groups in total. The minimum Gasteiger partial charge on any atom is -0.493 e. The Morgan fingerprint density at radius 2 is 1.85 bits per heavy atom. The van der Waals surface area contributed by atoms with Gasteiger partial charge in [0.15, 0.2) is 11.5 Å². The van der Waals surface area contributed by atoms with Crippen LogP contribution in [0, 0.1) is 0 Å². The number of anilines is 1. The standard InChI is InChI=1S/C14H16N2O4/c1-14-5-4-12(17)16(14)9-7-11(20-3)10(19-2)6-8(9)13(18)15-14/h6-7H,4-5H2,1-3H3,(H,15,18). The van der Waals surface area contributed by atoms with E-state index in [0.717, 1.165) is 0 Å². The summed E-state index contributed by atoms with van der Waals surface area (Å²) in [5.41, 5.74) is 0.354. The molecule has 1 atom stereocenters. The monoisotopic (exact) mass is 276 g/mol. The Morgan fingerprint density at radius 3 is 2.50 bits per heavy atom. The van der Waals surface area contributed by atoms with Crippen LogP contribution in [0.25, 0.3) is 0 Å². The Bertz CT molecular complexity index is 613. The molecule has 0 aromatic heterocycles. The number of hydrogen-bond donors (Lipinski definition) is 1. The lowest BCUT2D eigenvalue weighted by atomic mass is 10.0. The zero-order valence-electron chi connectivity index (χ0n) is 11.6. The third-order valence-electron chi connectivity index (χ3n) is 3.94. The number of carbonyl (C=O) groups is 2. The van der Waals surface area contributed by atoms with E-state index in [1.165, 1.54) is 14.2 Å². The molecule has 2 heterocycles. The van der Waals surface area contributed by atoms with E-state index in [0.29, 0.717) is 35.6 Å². The largest absolute Gasteiger partial charge is 0.493 e. The molecule has 20 heavy (non-hydrogen) atoms. The fourth-order valence-electron chi connectivity index (χ4n) is 2.91. The molecule has 0 aliphatic carbocycles. The number of benzene rings is 1. The highest BCUT2D eigenvalue weighted by Gasteiger charge is 2.48. The van der Waals surface area contributed by atoms with Crippen LogP contribution in [0.1, 0.15) is 30.1 Å². The molecular weight excluding hydrogens is 260 g/mol. The summed E-state index contributed by atoms with van der Waals surface area (Å²) < 4.78 is 10.5. The Kier molecular flexibility index (Phi) is 2.64. The summed E-state index contributed by atoms with van der Waals surface area (Å²) in [7, 11) is 3.04. The highest BCUT2D eigenvalue weighted by atomic mass is 16.5. The molecule has 1 aromatic carbocycles. The number of carbonyl (C=O) groups excluding carboxylic acids is 2. The second-order valence-electron chi connectivity index (χ2n) is 5.18. The van der Waals surface area contributed by atoms with Crippen molar-refractivity contribution in [2.24, 2.45) is 0 Å². The number of rotatable bonds is 2. The van der Waals surface area contributed by atoms with Crippen LogP contribution in [0.5, 0.6) is 11.5 Å². The highest BCUT2D eigenvalue weighted by Crippen LogP contribution is 2.43. The van der Waals surface area contributed by atoms with E-state index >= 15 is 0 Å². The predicted molar refractivity (Wildman–Crippen MR) is 72.1 cm³/mol. The van der Waals surface area contributed by atoms with E-state index in [2.05, 4.69) is 5.32 Å². The minimum absolute atomic E-state index is 0.000898. The molecule has 0 spiro atoms. The second kappa shape index (κ2) is 4.13. The molecule has 6 heteroatoms. The van der Waals surface area contributed by atoms with Crippen LogP contribution in [0.3, 0.4) is 0 Å². The summed E-state index contributed by atoms with van der Waals surface area (Å²) >= 11 is 0. The van der Waals surface area contributed by atoms with E-state index in [-0.39, 0.29) is 11.8 Å². The van der Waals surface area contributed by atoms with Gasteiger partial charge in [-0.15, -0.1) is 0 Å². The van der Waals surface area contributed by atoms with Gasteiger partial charge in [0.05, 0.1) is 25.5 Å². The molecule has 2 amide bonds. The van der Waals surface area contributed by atoms with E-state index in [4.69, 9.17) is 9.47 Å². The third-order valence-corrected chi connectivity index (χ3v) is 3.94. The van der Waals surface area contributed by atoms with Crippen molar-refractivity contribution in [2.45, 2.75) is 25.4 Å². The van der Waals surface area contributed by atoms with Gasteiger partial charge in [0, 0.05) is 12.5 Å². The van der Waals surface area contributed by atoms with Gasteiger partial charge in [-0.25, -0.2) is 0 Å². The number of nitrogens with zero attached hydrogens (tertiary/aromatic N) is 1. The smallest absolute Gasteiger partial charge is 0.255 e. The Morgan fingerprint density at radius 1 is 1.20 bits per heavy atom. The van der Waals surface area contributed by atoms with Gasteiger partial charge in [-0.05, 0) is 19.4 Å². The average Bonchev–Trinajstić information content (AvgIpc) is 2.73. The molecular formula is C14H16N2O4. The lowest BCUT2D eigenvalue weighted by Crippen LogP contribution is -2.60. The van der Waals surface area contributed by atoms with Crippen molar-refractivity contribution in [2.75, 3.05) is 19.1 Å². The molecule has 3 rings (SSSR count). The number of amides is 2. The molecule has 1 fully saturated rings. The summed E-state index contributed by atoms with van der Waals surface area (Å²) in [6.07, 6.45) is 1.02. The van der Waals surface area contributed by atoms with Crippen molar-refractivity contribution < 1.29 is 19.1 Å². The molecule has 1 saturated heterocycles. The fraction of sp³-hybridized carbons (Fsp3) is 0.429. The molecule has 106 valence electrons. The van der Waals surface area contributed by atoms with Crippen LogP contribution in [0.2, 0.25) is 0 Å². The number of fused-ring (bicyclic) bond motifs is 3. The molecule has 0 saturated carbocycles. The fourth-order valence-corrected chi connectivity index (χ4v) is 2.91. The Balaban J connectivity index is 2.22. The summed E-state index contributed by atoms with van der Waals surface area (Å²) in [4.78, 5) is 26.0. The van der Waals surface area contributed by atoms with E-state index < -0.39 is 5.66 Å². The zero-order valence-corrected chi connectivity index (χ0v) is 11.6. The molecule has 2 aliphatic heterocycles. The Hall–Kier alpha value is -2.24. The van der Waals surface area contributed by atoms with Crippen LogP contribution in [-0.2, 0) is 4.79 Å². The van der Waals surface area contributed by atoms with Gasteiger partial charge in [-0.3, -0.25) is 14.5 Å². The quantitative estimate of drug-likeness (QED) is 0.883. The van der Waals surface area contributed by atoms with Crippen LogP contribution in [-0.4, -0.2) is 31.7 Å². The molecule has 2 aliphatic rings. The molecule has 1 aromatic rings. The van der Waals surface area contributed by atoms with E-state index in [9.17, 15) is 9.59 Å². The van der Waals surface area contributed by atoms with Crippen molar-refractivity contribution in [3.8, 4) is 11.5 Å². The van der Waals surface area contributed by atoms with Gasteiger partial charge in [-0.2, -0.15) is 0 Å². The van der Waals surface area contributed by atoms with Crippen LogP contribution in [0.15, 0.2) is 12.1 Å². The third kappa shape index (κ3) is 1.57. The van der Waals surface area contributed by atoms with Gasteiger partial charge >= 0.3 is 0 Å². The molecule has 0 radical (unpaired) electrons. The molecule has 1 unspecified atom stereocenters. The maximum absolute atomic E-state index is 12.3. The number of methoxy groups -OCH3 is 2. The van der Waals surface area contributed by atoms with E-state index in [1.54, 1.807) is 17.0 Å². The van der Waals surface area contributed by atoms with Crippen LogP contribution < -0.4 is 19.7 Å². The van der Waals surface area contributed by atoms with Gasteiger partial charge in [0.2, 0.25) is 5.91 Å². The lowest BCUT2D eigenvalue weighted by molar-refractivity contribution is -0.117. The van der Waals surface area contributed by atoms with Gasteiger partial charge in [-0.1, -0.05) is 0 Å². The first-order valence-corrected chi connectivity index (χ1v) is 6.42. The van der Waals surface area contributed by atoms with Crippen molar-refractivity contribution in [3.63, 3.8) is 0 Å². The Labute approximate surface area is 116 Å². The van der Waals surface area contributed by atoms with Gasteiger partial charge in [0.25, 0.3) is 5.91 Å². The van der Waals surface area contributed by atoms with Crippen LogP contribution in [0.4, 0.5) is 5.69 Å². The summed E-state index contributed by atoms with van der Waals surface area (Å²) in [5, 5.41) is 2.90. The summed E-state index contributed by atoms with van der Waals surface area (Å²) in [5.74, 6) is 0.773. The van der Waals surface area contributed by atoms with E-state index in [1.807, 2.05) is 6.92 Å². The normalized spacial score (nSPS) is 24.1. The maximum atomic E-state index is 12.3. The molecule has 0 bridgehead atoms. The maximum Gasteiger partial charge on any atom is 0.255 e. The summed E-state index contributed by atoms with van der Waals surface area (Å²) in [6.45, 7) is 1.86. The number of nitrogens with one attached hydrogen (secondary N) is 1. The predicted octanol–water partition coefficient (Wildman–Crippen LogP) is 1.29. The average molecular weight is 276 g/mol. The van der Waals surface area contributed by atoms with Crippen molar-refractivity contribution in [3.05, 3.63) is 17.7 Å². The van der Waals surface area contributed by atoms with Crippen molar-refractivity contribution >= 4 is 17.5 Å². The van der Waals surface area contributed by atoms with Crippen molar-refractivity contribution in [1.82, 2.24) is 5.32 Å². The lowest BCUT2D eigenvalue weighted by Gasteiger charge is -2.41. The first kappa shape index (κ1) is 12.8. The zero-order chi connectivity index (χ0) is 14.5. The van der Waals surface area contributed by atoms with Crippen LogP contribution >= 0.6 is 0 Å². The SMILES string of the molecule is COc1cc2c(cc1OC)N1C(=O)CCC1(C)NC2=O. The minimum atomic E-state index is -0.652. The topological polar surface area (TPSA) is 67.9 Å². The van der Waals surface area contributed by atoms with Gasteiger partial charge in [0.1, 0.15) is 5.66 Å².